The van der Waals surface area contributed by atoms with E-state index in [4.69, 9.17) is 11.6 Å². The van der Waals surface area contributed by atoms with Gasteiger partial charge >= 0.3 is 0 Å². The zero-order valence-corrected chi connectivity index (χ0v) is 13.0. The van der Waals surface area contributed by atoms with E-state index in [0.29, 0.717) is 11.6 Å². The summed E-state index contributed by atoms with van der Waals surface area (Å²) in [4.78, 5) is 13.8. The Kier molecular flexibility index (Phi) is 5.18. The predicted molar refractivity (Wildman–Crippen MR) is 88.1 cm³/mol. The number of carbonyl (C=O) groups excluding carboxylic acids is 1. The Labute approximate surface area is 130 Å². The molecule has 21 heavy (non-hydrogen) atoms. The topological polar surface area (TPSA) is 20.3 Å². The lowest BCUT2D eigenvalue weighted by Crippen LogP contribution is -2.24. The maximum absolute atomic E-state index is 12.1. The molecule has 0 saturated heterocycles. The van der Waals surface area contributed by atoms with Crippen molar-refractivity contribution in [2.24, 2.45) is 0 Å². The summed E-state index contributed by atoms with van der Waals surface area (Å²) in [6.45, 7) is 2.65. The van der Waals surface area contributed by atoms with Gasteiger partial charge in [0.15, 0.2) is 0 Å². The second-order valence-electron chi connectivity index (χ2n) is 5.06. The standard InChI is InChI=1S/C18H18ClNO/c1-14-3-5-16(6-4-14)13-20(2)18(21)12-9-15-7-10-17(19)11-8-15/h3-12H,13H2,1-2H3/b12-9+. The highest BCUT2D eigenvalue weighted by atomic mass is 35.5. The van der Waals surface area contributed by atoms with E-state index in [1.165, 1.54) is 5.56 Å². The van der Waals surface area contributed by atoms with Gasteiger partial charge in [-0.05, 0) is 36.3 Å². The fourth-order valence-corrected chi connectivity index (χ4v) is 2.04. The number of benzene rings is 2. The van der Waals surface area contributed by atoms with Crippen LogP contribution in [-0.2, 0) is 11.3 Å². The van der Waals surface area contributed by atoms with Gasteiger partial charge in [0, 0.05) is 24.7 Å². The molecule has 0 saturated carbocycles. The summed E-state index contributed by atoms with van der Waals surface area (Å²) >= 11 is 5.83. The number of amides is 1. The number of hydrogen-bond donors (Lipinski definition) is 0. The van der Waals surface area contributed by atoms with E-state index in [9.17, 15) is 4.79 Å². The number of likely N-dealkylation sites (N-methyl/N-ethyl adjacent to an activating group) is 1. The molecule has 0 unspecified atom stereocenters. The van der Waals surface area contributed by atoms with E-state index in [1.54, 1.807) is 24.1 Å². The first-order valence-corrected chi connectivity index (χ1v) is 7.17. The number of hydrogen-bond acceptors (Lipinski definition) is 1. The van der Waals surface area contributed by atoms with Gasteiger partial charge in [-0.25, -0.2) is 0 Å². The fourth-order valence-electron chi connectivity index (χ4n) is 1.91. The van der Waals surface area contributed by atoms with E-state index in [0.717, 1.165) is 11.1 Å². The average Bonchev–Trinajstić information content (AvgIpc) is 2.48. The molecule has 0 fully saturated rings. The van der Waals surface area contributed by atoms with Crippen LogP contribution in [-0.4, -0.2) is 17.9 Å². The van der Waals surface area contributed by atoms with Gasteiger partial charge in [0.25, 0.3) is 0 Å². The third-order valence-electron chi connectivity index (χ3n) is 3.20. The summed E-state index contributed by atoms with van der Waals surface area (Å²) in [6, 6.07) is 15.6. The van der Waals surface area contributed by atoms with E-state index in [-0.39, 0.29) is 5.91 Å². The molecule has 0 bridgehead atoms. The largest absolute Gasteiger partial charge is 0.338 e. The molecule has 0 radical (unpaired) electrons. The molecule has 1 amide bonds. The minimum atomic E-state index is -0.0227. The normalized spacial score (nSPS) is 10.8. The molecule has 2 aromatic rings. The van der Waals surface area contributed by atoms with Crippen LogP contribution in [0.2, 0.25) is 5.02 Å². The number of nitrogens with zero attached hydrogens (tertiary/aromatic N) is 1. The maximum atomic E-state index is 12.1. The zero-order valence-electron chi connectivity index (χ0n) is 12.2. The summed E-state index contributed by atoms with van der Waals surface area (Å²) in [5.41, 5.74) is 3.29. The van der Waals surface area contributed by atoms with Crippen molar-refractivity contribution >= 4 is 23.6 Å². The van der Waals surface area contributed by atoms with Crippen molar-refractivity contribution in [2.45, 2.75) is 13.5 Å². The minimum absolute atomic E-state index is 0.0227. The van der Waals surface area contributed by atoms with Gasteiger partial charge in [-0.15, -0.1) is 0 Å². The first kappa shape index (κ1) is 15.3. The molecule has 0 spiro atoms. The van der Waals surface area contributed by atoms with Gasteiger partial charge in [0.2, 0.25) is 5.91 Å². The lowest BCUT2D eigenvalue weighted by atomic mass is 10.1. The molecule has 0 aromatic heterocycles. The van der Waals surface area contributed by atoms with E-state index >= 15 is 0 Å². The summed E-state index contributed by atoms with van der Waals surface area (Å²) in [6.07, 6.45) is 3.38. The molecule has 0 aliphatic heterocycles. The van der Waals surface area contributed by atoms with Crippen LogP contribution in [0.5, 0.6) is 0 Å². The highest BCUT2D eigenvalue weighted by Crippen LogP contribution is 2.11. The molecule has 0 aliphatic rings. The predicted octanol–water partition coefficient (Wildman–Crippen LogP) is 4.32. The van der Waals surface area contributed by atoms with E-state index in [2.05, 4.69) is 12.1 Å². The van der Waals surface area contributed by atoms with E-state index in [1.807, 2.05) is 43.3 Å². The van der Waals surface area contributed by atoms with Crippen LogP contribution in [0.4, 0.5) is 0 Å². The summed E-state index contributed by atoms with van der Waals surface area (Å²) < 4.78 is 0. The second-order valence-corrected chi connectivity index (χ2v) is 5.50. The minimum Gasteiger partial charge on any atom is -0.338 e. The first-order valence-electron chi connectivity index (χ1n) is 6.79. The molecule has 2 nitrogen and oxygen atoms in total. The van der Waals surface area contributed by atoms with Gasteiger partial charge in [-0.3, -0.25) is 4.79 Å². The summed E-state index contributed by atoms with van der Waals surface area (Å²) in [5, 5.41) is 0.690. The van der Waals surface area contributed by atoms with Gasteiger partial charge in [0.05, 0.1) is 0 Å². The highest BCUT2D eigenvalue weighted by molar-refractivity contribution is 6.30. The molecule has 0 atom stereocenters. The van der Waals surface area contributed by atoms with Crippen molar-refractivity contribution in [1.29, 1.82) is 0 Å². The third-order valence-corrected chi connectivity index (χ3v) is 3.46. The Morgan fingerprint density at radius 1 is 1.10 bits per heavy atom. The van der Waals surface area contributed by atoms with Gasteiger partial charge in [-0.1, -0.05) is 53.6 Å². The van der Waals surface area contributed by atoms with Crippen LogP contribution in [0.3, 0.4) is 0 Å². The molecular weight excluding hydrogens is 282 g/mol. The Bertz CT molecular complexity index is 629. The molecule has 0 aliphatic carbocycles. The second kappa shape index (κ2) is 7.09. The molecular formula is C18H18ClNO. The Hall–Kier alpha value is -2.06. The Morgan fingerprint density at radius 3 is 2.33 bits per heavy atom. The van der Waals surface area contributed by atoms with Crippen molar-refractivity contribution in [3.63, 3.8) is 0 Å². The molecule has 2 aromatic carbocycles. The number of aryl methyl sites for hydroxylation is 1. The van der Waals surface area contributed by atoms with Gasteiger partial charge in [-0.2, -0.15) is 0 Å². The van der Waals surface area contributed by atoms with Crippen LogP contribution >= 0.6 is 11.6 Å². The monoisotopic (exact) mass is 299 g/mol. The molecule has 0 N–H and O–H groups in total. The van der Waals surface area contributed by atoms with Crippen LogP contribution in [0.1, 0.15) is 16.7 Å². The lowest BCUT2D eigenvalue weighted by Gasteiger charge is -2.15. The van der Waals surface area contributed by atoms with Crippen LogP contribution < -0.4 is 0 Å². The van der Waals surface area contributed by atoms with Crippen molar-refractivity contribution in [2.75, 3.05) is 7.05 Å². The van der Waals surface area contributed by atoms with Crippen molar-refractivity contribution in [1.82, 2.24) is 4.90 Å². The molecule has 3 heteroatoms. The smallest absolute Gasteiger partial charge is 0.246 e. The average molecular weight is 300 g/mol. The zero-order chi connectivity index (χ0) is 15.2. The highest BCUT2D eigenvalue weighted by Gasteiger charge is 2.05. The van der Waals surface area contributed by atoms with Crippen molar-refractivity contribution < 1.29 is 4.79 Å². The van der Waals surface area contributed by atoms with Gasteiger partial charge in [0.1, 0.15) is 0 Å². The molecule has 0 heterocycles. The number of carbonyl (C=O) groups is 1. The van der Waals surface area contributed by atoms with Crippen LogP contribution in [0, 0.1) is 6.92 Å². The molecule has 2 rings (SSSR count). The fraction of sp³-hybridized carbons (Fsp3) is 0.167. The van der Waals surface area contributed by atoms with Gasteiger partial charge < -0.3 is 4.90 Å². The number of rotatable bonds is 4. The number of halogens is 1. The van der Waals surface area contributed by atoms with Crippen LogP contribution in [0.15, 0.2) is 54.6 Å². The first-order chi connectivity index (χ1) is 10.0. The van der Waals surface area contributed by atoms with Crippen LogP contribution in [0.25, 0.3) is 6.08 Å². The van der Waals surface area contributed by atoms with Crippen molar-refractivity contribution in [3.8, 4) is 0 Å². The maximum Gasteiger partial charge on any atom is 0.246 e. The Morgan fingerprint density at radius 2 is 1.71 bits per heavy atom. The summed E-state index contributed by atoms with van der Waals surface area (Å²) in [7, 11) is 1.80. The summed E-state index contributed by atoms with van der Waals surface area (Å²) in [5.74, 6) is -0.0227. The SMILES string of the molecule is Cc1ccc(CN(C)C(=O)/C=C/c2ccc(Cl)cc2)cc1. The quantitative estimate of drug-likeness (QED) is 0.770. The van der Waals surface area contributed by atoms with Crippen molar-refractivity contribution in [3.05, 3.63) is 76.3 Å². The Balaban J connectivity index is 1.96. The third kappa shape index (κ3) is 4.76. The lowest BCUT2D eigenvalue weighted by molar-refractivity contribution is -0.125. The van der Waals surface area contributed by atoms with E-state index < -0.39 is 0 Å². The molecule has 108 valence electrons.